The van der Waals surface area contributed by atoms with Gasteiger partial charge in [0.1, 0.15) is 31.8 Å². The van der Waals surface area contributed by atoms with E-state index < -0.39 is 29.3 Å². The van der Waals surface area contributed by atoms with E-state index in [9.17, 15) is 19.2 Å². The Morgan fingerprint density at radius 1 is 0.559 bits per heavy atom. The lowest BCUT2D eigenvalue weighted by Crippen LogP contribution is -2.44. The van der Waals surface area contributed by atoms with E-state index in [4.69, 9.17) is 18.9 Å². The molecule has 0 amide bonds. The lowest BCUT2D eigenvalue weighted by atomic mass is 9.92. The molecular weight excluding hydrogens is 601 g/mol. The van der Waals surface area contributed by atoms with Crippen molar-refractivity contribution in [2.75, 3.05) is 54.5 Å². The molecule has 0 aliphatic carbocycles. The first-order valence-electron chi connectivity index (χ1n) is 9.96. The molecule has 198 valence electrons. The highest BCUT2D eigenvalue weighted by atomic mass is 33.7. The average molecular weight is 631 g/mol. The number of carbonyl (C=O) groups excluding carboxylic acids is 4. The van der Waals surface area contributed by atoms with Crippen LogP contribution in [0.2, 0.25) is 0 Å². The molecule has 1 heterocycles. The van der Waals surface area contributed by atoms with Gasteiger partial charge in [-0.3, -0.25) is 19.2 Å². The van der Waals surface area contributed by atoms with E-state index >= 15 is 0 Å². The molecule has 0 saturated carbocycles. The molecule has 1 aliphatic heterocycles. The van der Waals surface area contributed by atoms with Crippen LogP contribution in [0.1, 0.15) is 25.7 Å². The quantitative estimate of drug-likeness (QED) is 0.0856. The fraction of sp³-hybridized carbons (Fsp3) is 0.778. The van der Waals surface area contributed by atoms with E-state index in [1.54, 1.807) is 0 Å². The fourth-order valence-electron chi connectivity index (χ4n) is 1.94. The summed E-state index contributed by atoms with van der Waals surface area (Å²) in [5.41, 5.74) is -1.25. The van der Waals surface area contributed by atoms with Crippen LogP contribution in [0, 0.1) is 5.41 Å². The van der Waals surface area contributed by atoms with Crippen LogP contribution >= 0.6 is 91.8 Å². The van der Waals surface area contributed by atoms with Gasteiger partial charge in [-0.05, 0) is 19.7 Å². The van der Waals surface area contributed by atoms with Crippen molar-refractivity contribution >= 4 is 116 Å². The molecule has 0 aromatic carbocycles. The number of rotatable bonds is 16. The molecule has 0 atom stereocenters. The zero-order valence-corrected chi connectivity index (χ0v) is 25.2. The fourth-order valence-corrected chi connectivity index (χ4v) is 10.5. The smallest absolute Gasteiger partial charge is 0.306 e. The lowest BCUT2D eigenvalue weighted by molar-refractivity contribution is -0.170. The maximum atomic E-state index is 11.8. The molecule has 1 fully saturated rings. The lowest BCUT2D eigenvalue weighted by Gasteiger charge is -2.31. The molecule has 0 spiro atoms. The van der Waals surface area contributed by atoms with Gasteiger partial charge in [0.25, 0.3) is 0 Å². The van der Waals surface area contributed by atoms with Crippen LogP contribution in [0.3, 0.4) is 0 Å². The van der Waals surface area contributed by atoms with E-state index in [0.29, 0.717) is 0 Å². The van der Waals surface area contributed by atoms with Gasteiger partial charge in [-0.1, -0.05) is 21.6 Å². The Hall–Kier alpha value is 0.680. The highest BCUT2D eigenvalue weighted by Crippen LogP contribution is 2.53. The first-order valence-corrected chi connectivity index (χ1v) is 17.6. The van der Waals surface area contributed by atoms with Crippen molar-refractivity contribution in [2.24, 2.45) is 5.41 Å². The van der Waals surface area contributed by atoms with Crippen molar-refractivity contribution in [3.8, 4) is 0 Å². The Morgan fingerprint density at radius 3 is 1.00 bits per heavy atom. The highest BCUT2D eigenvalue weighted by molar-refractivity contribution is 9.30. The van der Waals surface area contributed by atoms with Crippen molar-refractivity contribution in [3.05, 3.63) is 0 Å². The molecule has 34 heavy (non-hydrogen) atoms. The number of carbonyl (C=O) groups is 4. The molecule has 16 heteroatoms. The third-order valence-electron chi connectivity index (χ3n) is 3.64. The Labute approximate surface area is 237 Å². The number of ether oxygens (including phenoxy) is 4. The first-order chi connectivity index (χ1) is 16.3. The predicted octanol–water partition coefficient (Wildman–Crippen LogP) is 4.06. The van der Waals surface area contributed by atoms with Crippen molar-refractivity contribution < 1.29 is 38.1 Å². The molecule has 1 saturated heterocycles. The molecule has 0 N–H and O–H groups in total. The van der Waals surface area contributed by atoms with Crippen LogP contribution < -0.4 is 0 Å². The first kappa shape index (κ1) is 34.7. The number of thiol groups is 4. The summed E-state index contributed by atoms with van der Waals surface area (Å²) < 4.78 is 20.9. The topological polar surface area (TPSA) is 105 Å². The van der Waals surface area contributed by atoms with Gasteiger partial charge in [0, 0.05) is 23.0 Å². The second kappa shape index (κ2) is 22.8. The maximum Gasteiger partial charge on any atom is 0.306 e. The summed E-state index contributed by atoms with van der Waals surface area (Å²) in [4.78, 5) is 47.1. The molecule has 0 aromatic rings. The minimum atomic E-state index is -1.25. The molecule has 8 nitrogen and oxygen atoms in total. The van der Waals surface area contributed by atoms with Crippen LogP contribution in [-0.4, -0.2) is 78.4 Å². The van der Waals surface area contributed by atoms with E-state index in [-0.39, 0.29) is 75.1 Å². The van der Waals surface area contributed by atoms with Gasteiger partial charge < -0.3 is 18.9 Å². The highest BCUT2D eigenvalue weighted by Gasteiger charge is 2.37. The summed E-state index contributed by atoms with van der Waals surface area (Å²) in [6.07, 6.45) is 0.268. The summed E-state index contributed by atoms with van der Waals surface area (Å²) >= 11 is 15.9. The Bertz CT molecular complexity index is 505. The summed E-state index contributed by atoms with van der Waals surface area (Å²) in [5, 5.41) is 1.26. The van der Waals surface area contributed by atoms with Crippen LogP contribution in [0.25, 0.3) is 0 Å². The van der Waals surface area contributed by atoms with E-state index in [0.717, 1.165) is 0 Å². The van der Waals surface area contributed by atoms with Gasteiger partial charge in [0.2, 0.25) is 0 Å². The third-order valence-corrected chi connectivity index (χ3v) is 11.8. The van der Waals surface area contributed by atoms with Gasteiger partial charge in [0.15, 0.2) is 0 Å². The zero-order chi connectivity index (χ0) is 25.7. The SMILES string of the molecule is C1SSSS1.O=C(CCS)OCC(COC(=O)CCS)(COC(=O)CCS)COC(=O)CCS. The van der Waals surface area contributed by atoms with Crippen LogP contribution in [0.5, 0.6) is 0 Å². The average Bonchev–Trinajstić information content (AvgIpc) is 3.39. The summed E-state index contributed by atoms with van der Waals surface area (Å²) in [6.45, 7) is -1.13. The van der Waals surface area contributed by atoms with E-state index in [1.807, 2.05) is 41.2 Å². The molecular formula is C18H30O8S8. The Morgan fingerprint density at radius 2 is 0.824 bits per heavy atom. The van der Waals surface area contributed by atoms with Gasteiger partial charge in [-0.25, -0.2) is 0 Å². The van der Waals surface area contributed by atoms with E-state index in [2.05, 4.69) is 50.5 Å². The summed E-state index contributed by atoms with van der Waals surface area (Å²) in [7, 11) is 7.57. The molecule has 0 radical (unpaired) electrons. The van der Waals surface area contributed by atoms with Crippen LogP contribution in [0.4, 0.5) is 0 Å². The van der Waals surface area contributed by atoms with Crippen LogP contribution in [0.15, 0.2) is 0 Å². The largest absolute Gasteiger partial charge is 0.465 e. The Kier molecular flexibility index (Phi) is 23.3. The number of hydrogen-bond acceptors (Lipinski definition) is 16. The maximum absolute atomic E-state index is 11.8. The van der Waals surface area contributed by atoms with E-state index in [1.165, 1.54) is 5.08 Å². The molecule has 0 bridgehead atoms. The Balaban J connectivity index is 0.00000190. The molecule has 0 unspecified atom stereocenters. The molecule has 0 aromatic heterocycles. The monoisotopic (exact) mass is 630 g/mol. The standard InChI is InChI=1S/C17H28O8S4.CH2S4/c18-13(1-5-26)22-9-17(10-23-14(19)2-6-27,11-24-15(20)3-7-28)12-25-16(21)4-8-29;1-2-4-5-3-1/h26-29H,1-12H2;1H2. The third kappa shape index (κ3) is 18.9. The minimum absolute atomic E-state index is 0.0670. The number of esters is 4. The van der Waals surface area contributed by atoms with Crippen molar-refractivity contribution in [3.63, 3.8) is 0 Å². The van der Waals surface area contributed by atoms with Gasteiger partial charge >= 0.3 is 23.9 Å². The van der Waals surface area contributed by atoms with Gasteiger partial charge in [0.05, 0.1) is 30.8 Å². The van der Waals surface area contributed by atoms with Gasteiger partial charge in [-0.2, -0.15) is 50.5 Å². The van der Waals surface area contributed by atoms with Crippen molar-refractivity contribution in [1.82, 2.24) is 0 Å². The molecule has 1 aliphatic rings. The molecule has 1 rings (SSSR count). The van der Waals surface area contributed by atoms with Crippen LogP contribution in [-0.2, 0) is 38.1 Å². The predicted molar refractivity (Wildman–Crippen MR) is 155 cm³/mol. The minimum Gasteiger partial charge on any atom is -0.465 e. The van der Waals surface area contributed by atoms with Crippen molar-refractivity contribution in [1.29, 1.82) is 0 Å². The second-order valence-corrected chi connectivity index (χ2v) is 14.7. The summed E-state index contributed by atoms with van der Waals surface area (Å²) in [6, 6.07) is 0. The second-order valence-electron chi connectivity index (χ2n) is 6.53. The number of hydrogen-bond donors (Lipinski definition) is 4. The van der Waals surface area contributed by atoms with Crippen molar-refractivity contribution in [2.45, 2.75) is 25.7 Å². The van der Waals surface area contributed by atoms with Gasteiger partial charge in [-0.15, -0.1) is 0 Å². The normalized spacial score (nSPS) is 12.8. The zero-order valence-electron chi connectivity index (χ0n) is 18.4. The summed E-state index contributed by atoms with van der Waals surface area (Å²) in [5.74, 6) is -0.978.